The number of ether oxygens (including phenoxy) is 2. The molecule has 0 saturated carbocycles. The van der Waals surface area contributed by atoms with E-state index in [2.05, 4.69) is 6.92 Å². The molecule has 0 saturated heterocycles. The van der Waals surface area contributed by atoms with Crippen LogP contribution < -0.4 is 9.47 Å². The molecule has 0 aromatic heterocycles. The van der Waals surface area contributed by atoms with Crippen LogP contribution in [0.4, 0.5) is 0 Å². The van der Waals surface area contributed by atoms with Gasteiger partial charge in [0.05, 0.1) is 20.1 Å². The highest BCUT2D eigenvalue weighted by atomic mass is 16.5. The van der Waals surface area contributed by atoms with Gasteiger partial charge in [-0.25, -0.2) is 0 Å². The third-order valence-corrected chi connectivity index (χ3v) is 3.46. The van der Waals surface area contributed by atoms with Gasteiger partial charge in [0, 0.05) is 0 Å². The number of unbranched alkanes of at least 4 members (excludes halogenated alkanes) is 2. The van der Waals surface area contributed by atoms with E-state index in [1.54, 1.807) is 14.2 Å². The summed E-state index contributed by atoms with van der Waals surface area (Å²) >= 11 is 0. The van der Waals surface area contributed by atoms with Crippen LogP contribution in [0.25, 0.3) is 0 Å². The first-order valence-electron chi connectivity index (χ1n) is 7.06. The van der Waals surface area contributed by atoms with E-state index in [9.17, 15) is 9.90 Å². The summed E-state index contributed by atoms with van der Waals surface area (Å²) in [6.07, 6.45) is 4.27. The Morgan fingerprint density at radius 1 is 1.25 bits per heavy atom. The lowest BCUT2D eigenvalue weighted by Gasteiger charge is -2.16. The van der Waals surface area contributed by atoms with Crippen molar-refractivity contribution in [2.75, 3.05) is 14.2 Å². The quantitative estimate of drug-likeness (QED) is 0.703. The smallest absolute Gasteiger partial charge is 0.306 e. The standard InChI is InChI=1S/C16H24O4/c1-4-5-6-8-13(16(17)18)11-12-9-7-10-14(19-2)15(12)20-3/h7,9-10,13H,4-6,8,11H2,1-3H3,(H,17,18). The molecule has 0 heterocycles. The highest BCUT2D eigenvalue weighted by Crippen LogP contribution is 2.33. The predicted octanol–water partition coefficient (Wildman–Crippen LogP) is 3.53. The van der Waals surface area contributed by atoms with Crippen molar-refractivity contribution in [2.45, 2.75) is 39.0 Å². The molecule has 0 radical (unpaired) electrons. The number of para-hydroxylation sites is 1. The van der Waals surface area contributed by atoms with Crippen LogP contribution in [0, 0.1) is 5.92 Å². The fraction of sp³-hybridized carbons (Fsp3) is 0.562. The normalized spacial score (nSPS) is 11.9. The van der Waals surface area contributed by atoms with Gasteiger partial charge >= 0.3 is 5.97 Å². The number of hydrogen-bond donors (Lipinski definition) is 1. The number of benzene rings is 1. The number of hydrogen-bond acceptors (Lipinski definition) is 3. The van der Waals surface area contributed by atoms with Gasteiger partial charge in [0.2, 0.25) is 0 Å². The van der Waals surface area contributed by atoms with Gasteiger partial charge in [0.25, 0.3) is 0 Å². The van der Waals surface area contributed by atoms with E-state index in [0.29, 0.717) is 24.3 Å². The lowest BCUT2D eigenvalue weighted by molar-refractivity contribution is -0.142. The molecule has 1 aromatic rings. The van der Waals surface area contributed by atoms with Crippen LogP contribution >= 0.6 is 0 Å². The third kappa shape index (κ3) is 4.44. The van der Waals surface area contributed by atoms with Crippen LogP contribution in [0.1, 0.15) is 38.2 Å². The zero-order valence-corrected chi connectivity index (χ0v) is 12.5. The lowest BCUT2D eigenvalue weighted by atomic mass is 9.93. The maximum atomic E-state index is 11.4. The van der Waals surface area contributed by atoms with Crippen molar-refractivity contribution in [1.29, 1.82) is 0 Å². The van der Waals surface area contributed by atoms with E-state index in [-0.39, 0.29) is 5.92 Å². The minimum atomic E-state index is -0.744. The number of rotatable bonds is 9. The van der Waals surface area contributed by atoms with Gasteiger partial charge in [0.1, 0.15) is 0 Å². The third-order valence-electron chi connectivity index (χ3n) is 3.46. The number of methoxy groups -OCH3 is 2. The zero-order chi connectivity index (χ0) is 15.0. The van der Waals surface area contributed by atoms with Gasteiger partial charge in [-0.15, -0.1) is 0 Å². The molecule has 20 heavy (non-hydrogen) atoms. The van der Waals surface area contributed by atoms with Gasteiger partial charge in [-0.05, 0) is 24.5 Å². The van der Waals surface area contributed by atoms with Crippen LogP contribution in [0.15, 0.2) is 18.2 Å². The molecule has 1 aromatic carbocycles. The molecule has 1 unspecified atom stereocenters. The average Bonchev–Trinajstić information content (AvgIpc) is 2.45. The second-order valence-electron chi connectivity index (χ2n) is 4.89. The first kappa shape index (κ1) is 16.3. The summed E-state index contributed by atoms with van der Waals surface area (Å²) in [7, 11) is 3.16. The maximum absolute atomic E-state index is 11.4. The Balaban J connectivity index is 2.85. The molecule has 1 rings (SSSR count). The molecule has 0 aliphatic carbocycles. The molecule has 0 bridgehead atoms. The molecule has 0 amide bonds. The van der Waals surface area contributed by atoms with Crippen molar-refractivity contribution in [3.05, 3.63) is 23.8 Å². The largest absolute Gasteiger partial charge is 0.493 e. The van der Waals surface area contributed by atoms with E-state index >= 15 is 0 Å². The average molecular weight is 280 g/mol. The van der Waals surface area contributed by atoms with E-state index < -0.39 is 5.97 Å². The molecule has 0 spiro atoms. The minimum absolute atomic E-state index is 0.373. The Hall–Kier alpha value is -1.71. The molecule has 1 N–H and O–H groups in total. The predicted molar refractivity (Wildman–Crippen MR) is 78.5 cm³/mol. The molecule has 0 fully saturated rings. The van der Waals surface area contributed by atoms with Crippen molar-refractivity contribution in [3.63, 3.8) is 0 Å². The fourth-order valence-electron chi connectivity index (χ4n) is 2.33. The van der Waals surface area contributed by atoms with E-state index in [0.717, 1.165) is 24.8 Å². The van der Waals surface area contributed by atoms with E-state index in [1.807, 2.05) is 18.2 Å². The topological polar surface area (TPSA) is 55.8 Å². The van der Waals surface area contributed by atoms with E-state index in [1.165, 1.54) is 0 Å². The Kier molecular flexibility index (Phi) is 6.91. The SMILES string of the molecule is CCCCCC(Cc1cccc(OC)c1OC)C(=O)O. The number of carboxylic acids is 1. The molecule has 1 atom stereocenters. The number of carbonyl (C=O) groups is 1. The van der Waals surface area contributed by atoms with E-state index in [4.69, 9.17) is 9.47 Å². The highest BCUT2D eigenvalue weighted by molar-refractivity contribution is 5.70. The van der Waals surface area contributed by atoms with Crippen molar-refractivity contribution in [2.24, 2.45) is 5.92 Å². The van der Waals surface area contributed by atoms with Gasteiger partial charge < -0.3 is 14.6 Å². The van der Waals surface area contributed by atoms with Crippen molar-refractivity contribution in [1.82, 2.24) is 0 Å². The van der Waals surface area contributed by atoms with Crippen LogP contribution in [0.5, 0.6) is 11.5 Å². The second kappa shape index (κ2) is 8.46. The number of aliphatic carboxylic acids is 1. The Bertz CT molecular complexity index is 428. The Morgan fingerprint density at radius 2 is 2.00 bits per heavy atom. The van der Waals surface area contributed by atoms with Gasteiger partial charge in [-0.1, -0.05) is 38.3 Å². The van der Waals surface area contributed by atoms with Crippen molar-refractivity contribution in [3.8, 4) is 11.5 Å². The molecule has 112 valence electrons. The fourth-order valence-corrected chi connectivity index (χ4v) is 2.33. The van der Waals surface area contributed by atoms with Crippen molar-refractivity contribution >= 4 is 5.97 Å². The summed E-state index contributed by atoms with van der Waals surface area (Å²) < 4.78 is 10.6. The summed E-state index contributed by atoms with van der Waals surface area (Å²) in [6.45, 7) is 2.11. The van der Waals surface area contributed by atoms with Crippen LogP contribution in [0.3, 0.4) is 0 Å². The molecular formula is C16H24O4. The molecule has 0 aliphatic rings. The highest BCUT2D eigenvalue weighted by Gasteiger charge is 2.20. The lowest BCUT2D eigenvalue weighted by Crippen LogP contribution is -2.17. The van der Waals surface area contributed by atoms with Gasteiger partial charge in [-0.3, -0.25) is 4.79 Å². The van der Waals surface area contributed by atoms with Gasteiger partial charge in [0.15, 0.2) is 11.5 Å². The van der Waals surface area contributed by atoms with Crippen LogP contribution in [-0.2, 0) is 11.2 Å². The summed E-state index contributed by atoms with van der Waals surface area (Å²) in [4.78, 5) is 11.4. The first-order valence-corrected chi connectivity index (χ1v) is 7.06. The van der Waals surface area contributed by atoms with Crippen molar-refractivity contribution < 1.29 is 19.4 Å². The minimum Gasteiger partial charge on any atom is -0.493 e. The van der Waals surface area contributed by atoms with Crippen LogP contribution in [-0.4, -0.2) is 25.3 Å². The Morgan fingerprint density at radius 3 is 2.55 bits per heavy atom. The van der Waals surface area contributed by atoms with Gasteiger partial charge in [-0.2, -0.15) is 0 Å². The second-order valence-corrected chi connectivity index (χ2v) is 4.89. The molecule has 0 aliphatic heterocycles. The summed E-state index contributed by atoms with van der Waals surface area (Å²) in [5.74, 6) is 0.160. The summed E-state index contributed by atoms with van der Waals surface area (Å²) in [5.41, 5.74) is 0.885. The summed E-state index contributed by atoms with van der Waals surface area (Å²) in [5, 5.41) is 9.35. The number of carboxylic acid groups (broad SMARTS) is 1. The maximum Gasteiger partial charge on any atom is 0.306 e. The monoisotopic (exact) mass is 280 g/mol. The molecule has 4 heteroatoms. The van der Waals surface area contributed by atoms with Crippen LogP contribution in [0.2, 0.25) is 0 Å². The summed E-state index contributed by atoms with van der Waals surface area (Å²) in [6, 6.07) is 5.58. The molecule has 4 nitrogen and oxygen atoms in total. The first-order chi connectivity index (χ1) is 9.63. The Labute approximate surface area is 120 Å². The molecular weight excluding hydrogens is 256 g/mol. The zero-order valence-electron chi connectivity index (χ0n) is 12.5.